The molecule has 2 amide bonds. The SMILES string of the molecule is CC(=O)Nc1ccc(C(=O)N2CCN(c3ncccc3C#N)CC2)cc1. The van der Waals surface area contributed by atoms with Crippen LogP contribution in [0.4, 0.5) is 11.5 Å². The summed E-state index contributed by atoms with van der Waals surface area (Å²) in [6, 6.07) is 12.5. The maximum atomic E-state index is 12.7. The summed E-state index contributed by atoms with van der Waals surface area (Å²) in [5.41, 5.74) is 1.79. The number of nitrogens with zero attached hydrogens (tertiary/aromatic N) is 4. The van der Waals surface area contributed by atoms with Crippen LogP contribution in [0.15, 0.2) is 42.6 Å². The van der Waals surface area contributed by atoms with Crippen LogP contribution in [-0.4, -0.2) is 47.9 Å². The molecule has 1 saturated heterocycles. The van der Waals surface area contributed by atoms with E-state index in [0.717, 1.165) is 0 Å². The average Bonchev–Trinajstić information content (AvgIpc) is 2.67. The number of nitriles is 1. The number of nitrogens with one attached hydrogen (secondary N) is 1. The molecule has 1 aromatic carbocycles. The van der Waals surface area contributed by atoms with Crippen LogP contribution in [0.2, 0.25) is 0 Å². The highest BCUT2D eigenvalue weighted by atomic mass is 16.2. The molecule has 0 spiro atoms. The Morgan fingerprint density at radius 3 is 2.42 bits per heavy atom. The molecule has 0 saturated carbocycles. The minimum absolute atomic E-state index is 0.0412. The molecule has 0 unspecified atom stereocenters. The van der Waals surface area contributed by atoms with Crippen molar-refractivity contribution < 1.29 is 9.59 Å². The molecule has 0 radical (unpaired) electrons. The molecule has 1 aromatic heterocycles. The van der Waals surface area contributed by atoms with Crippen LogP contribution in [-0.2, 0) is 4.79 Å². The number of hydrogen-bond donors (Lipinski definition) is 1. The van der Waals surface area contributed by atoms with Crippen molar-refractivity contribution in [3.63, 3.8) is 0 Å². The summed E-state index contributed by atoms with van der Waals surface area (Å²) in [6.07, 6.45) is 1.67. The van der Waals surface area contributed by atoms with Gasteiger partial charge in [0.1, 0.15) is 11.9 Å². The van der Waals surface area contributed by atoms with E-state index in [1.807, 2.05) is 4.90 Å². The first-order chi connectivity index (χ1) is 12.6. The molecule has 1 aliphatic rings. The number of hydrogen-bond acceptors (Lipinski definition) is 5. The molecule has 1 fully saturated rings. The van der Waals surface area contributed by atoms with Gasteiger partial charge < -0.3 is 15.1 Å². The molecule has 7 nitrogen and oxygen atoms in total. The minimum atomic E-state index is -0.147. The second-order valence-corrected chi connectivity index (χ2v) is 6.02. The van der Waals surface area contributed by atoms with Gasteiger partial charge in [0.05, 0.1) is 5.56 Å². The van der Waals surface area contributed by atoms with Gasteiger partial charge in [-0.15, -0.1) is 0 Å². The lowest BCUT2D eigenvalue weighted by atomic mass is 10.1. The van der Waals surface area contributed by atoms with E-state index in [1.54, 1.807) is 47.5 Å². The number of amides is 2. The van der Waals surface area contributed by atoms with Gasteiger partial charge in [-0.3, -0.25) is 9.59 Å². The van der Waals surface area contributed by atoms with Crippen LogP contribution in [0, 0.1) is 11.3 Å². The second-order valence-electron chi connectivity index (χ2n) is 6.02. The third-order valence-electron chi connectivity index (χ3n) is 4.23. The summed E-state index contributed by atoms with van der Waals surface area (Å²) in [5.74, 6) is 0.480. The number of piperazine rings is 1. The molecule has 2 heterocycles. The van der Waals surface area contributed by atoms with Crippen LogP contribution in [0.25, 0.3) is 0 Å². The number of aromatic nitrogens is 1. The van der Waals surface area contributed by atoms with Gasteiger partial charge in [0.2, 0.25) is 5.91 Å². The maximum Gasteiger partial charge on any atom is 0.253 e. The van der Waals surface area contributed by atoms with E-state index in [0.29, 0.717) is 48.8 Å². The molecule has 1 N–H and O–H groups in total. The first kappa shape index (κ1) is 17.4. The summed E-state index contributed by atoms with van der Waals surface area (Å²) in [7, 11) is 0. The Morgan fingerprint density at radius 2 is 1.81 bits per heavy atom. The van der Waals surface area contributed by atoms with Crippen molar-refractivity contribution in [2.24, 2.45) is 0 Å². The van der Waals surface area contributed by atoms with Gasteiger partial charge in [0.25, 0.3) is 5.91 Å². The summed E-state index contributed by atoms with van der Waals surface area (Å²) >= 11 is 0. The third-order valence-corrected chi connectivity index (χ3v) is 4.23. The lowest BCUT2D eigenvalue weighted by Gasteiger charge is -2.35. The fourth-order valence-electron chi connectivity index (χ4n) is 2.94. The van der Waals surface area contributed by atoms with Crippen LogP contribution in [0.5, 0.6) is 0 Å². The number of anilines is 2. The summed E-state index contributed by atoms with van der Waals surface area (Å²) < 4.78 is 0. The summed E-state index contributed by atoms with van der Waals surface area (Å²) in [4.78, 5) is 31.8. The van der Waals surface area contributed by atoms with Gasteiger partial charge >= 0.3 is 0 Å². The van der Waals surface area contributed by atoms with Gasteiger partial charge in [0.15, 0.2) is 0 Å². The first-order valence-electron chi connectivity index (χ1n) is 8.35. The first-order valence-corrected chi connectivity index (χ1v) is 8.35. The average molecular weight is 349 g/mol. The zero-order chi connectivity index (χ0) is 18.5. The third kappa shape index (κ3) is 3.81. The fourth-order valence-corrected chi connectivity index (χ4v) is 2.94. The van der Waals surface area contributed by atoms with Gasteiger partial charge in [-0.25, -0.2) is 4.98 Å². The topological polar surface area (TPSA) is 89.3 Å². The van der Waals surface area contributed by atoms with E-state index in [-0.39, 0.29) is 11.8 Å². The van der Waals surface area contributed by atoms with Gasteiger partial charge in [-0.2, -0.15) is 5.26 Å². The molecule has 2 aromatic rings. The summed E-state index contributed by atoms with van der Waals surface area (Å²) in [5, 5.41) is 11.9. The molecule has 26 heavy (non-hydrogen) atoms. The molecule has 3 rings (SSSR count). The second kappa shape index (κ2) is 7.66. The maximum absolute atomic E-state index is 12.7. The summed E-state index contributed by atoms with van der Waals surface area (Å²) in [6.45, 7) is 3.82. The van der Waals surface area contributed by atoms with Crippen molar-refractivity contribution in [3.05, 3.63) is 53.7 Å². The Morgan fingerprint density at radius 1 is 1.12 bits per heavy atom. The Labute approximate surface area is 151 Å². The van der Waals surface area contributed by atoms with Crippen molar-refractivity contribution >= 4 is 23.3 Å². The normalized spacial score (nSPS) is 13.8. The number of benzene rings is 1. The standard InChI is InChI=1S/C19H19N5O2/c1-14(25)22-17-6-4-15(5-7-17)19(26)24-11-9-23(10-12-24)18-16(13-20)3-2-8-21-18/h2-8H,9-12H2,1H3,(H,22,25). The van der Waals surface area contributed by atoms with E-state index in [9.17, 15) is 14.9 Å². The number of carbonyl (C=O) groups is 2. The zero-order valence-corrected chi connectivity index (χ0v) is 14.5. The van der Waals surface area contributed by atoms with Crippen molar-refractivity contribution in [3.8, 4) is 6.07 Å². The quantitative estimate of drug-likeness (QED) is 0.914. The van der Waals surface area contributed by atoms with E-state index in [4.69, 9.17) is 0 Å². The molecule has 132 valence electrons. The van der Waals surface area contributed by atoms with E-state index in [1.165, 1.54) is 6.92 Å². The van der Waals surface area contributed by atoms with Crippen LogP contribution < -0.4 is 10.2 Å². The highest BCUT2D eigenvalue weighted by Crippen LogP contribution is 2.19. The van der Waals surface area contributed by atoms with Crippen molar-refractivity contribution in [1.29, 1.82) is 5.26 Å². The van der Waals surface area contributed by atoms with Crippen molar-refractivity contribution in [2.75, 3.05) is 36.4 Å². The molecule has 7 heteroatoms. The van der Waals surface area contributed by atoms with Crippen molar-refractivity contribution in [2.45, 2.75) is 6.92 Å². The Kier molecular flexibility index (Phi) is 5.13. The fraction of sp³-hybridized carbons (Fsp3) is 0.263. The Hall–Kier alpha value is -3.40. The number of rotatable bonds is 3. The van der Waals surface area contributed by atoms with Gasteiger partial charge in [-0.05, 0) is 36.4 Å². The van der Waals surface area contributed by atoms with Gasteiger partial charge in [-0.1, -0.05) is 0 Å². The smallest absolute Gasteiger partial charge is 0.253 e. The minimum Gasteiger partial charge on any atom is -0.352 e. The molecule has 1 aliphatic heterocycles. The molecule has 0 atom stereocenters. The van der Waals surface area contributed by atoms with E-state index in [2.05, 4.69) is 16.4 Å². The largest absolute Gasteiger partial charge is 0.352 e. The molecule has 0 bridgehead atoms. The monoisotopic (exact) mass is 349 g/mol. The lowest BCUT2D eigenvalue weighted by molar-refractivity contribution is -0.114. The predicted octanol–water partition coefficient (Wildman–Crippen LogP) is 1.87. The zero-order valence-electron chi connectivity index (χ0n) is 14.5. The van der Waals surface area contributed by atoms with Crippen molar-refractivity contribution in [1.82, 2.24) is 9.88 Å². The highest BCUT2D eigenvalue weighted by molar-refractivity contribution is 5.95. The predicted molar refractivity (Wildman–Crippen MR) is 97.8 cm³/mol. The van der Waals surface area contributed by atoms with Gasteiger partial charge in [0, 0.05) is 50.6 Å². The molecular formula is C19H19N5O2. The number of carbonyl (C=O) groups excluding carboxylic acids is 2. The number of pyridine rings is 1. The highest BCUT2D eigenvalue weighted by Gasteiger charge is 2.24. The lowest BCUT2D eigenvalue weighted by Crippen LogP contribution is -2.49. The Balaban J connectivity index is 1.63. The van der Waals surface area contributed by atoms with Crippen LogP contribution >= 0.6 is 0 Å². The van der Waals surface area contributed by atoms with E-state index < -0.39 is 0 Å². The van der Waals surface area contributed by atoms with Crippen LogP contribution in [0.3, 0.4) is 0 Å². The Bertz CT molecular complexity index is 849. The van der Waals surface area contributed by atoms with E-state index >= 15 is 0 Å². The molecular weight excluding hydrogens is 330 g/mol. The van der Waals surface area contributed by atoms with Crippen LogP contribution in [0.1, 0.15) is 22.8 Å². The molecule has 0 aliphatic carbocycles.